The minimum atomic E-state index is -4.34. The minimum Gasteiger partial charge on any atom is -0.384 e. The van der Waals surface area contributed by atoms with Crippen molar-refractivity contribution in [3.8, 4) is 0 Å². The number of alkyl halides is 3. The van der Waals surface area contributed by atoms with Gasteiger partial charge in [-0.3, -0.25) is 0 Å². The summed E-state index contributed by atoms with van der Waals surface area (Å²) in [5.74, 6) is 0. The molecular weight excluding hydrogens is 219 g/mol. The van der Waals surface area contributed by atoms with E-state index in [9.17, 15) is 18.3 Å². The van der Waals surface area contributed by atoms with Crippen molar-refractivity contribution in [3.05, 3.63) is 35.4 Å². The summed E-state index contributed by atoms with van der Waals surface area (Å²) in [5, 5.41) is 12.7. The molecule has 0 spiro atoms. The molecule has 2 nitrogen and oxygen atoms in total. The molecular formula is C11H14F3NO. The molecule has 0 fully saturated rings. The molecule has 1 atom stereocenters. The van der Waals surface area contributed by atoms with Crippen LogP contribution >= 0.6 is 0 Å². The molecule has 0 aliphatic carbocycles. The molecule has 1 aromatic rings. The zero-order valence-electron chi connectivity index (χ0n) is 9.10. The van der Waals surface area contributed by atoms with Gasteiger partial charge < -0.3 is 10.4 Å². The molecule has 0 aromatic heterocycles. The maximum absolute atomic E-state index is 12.3. The van der Waals surface area contributed by atoms with Crippen LogP contribution in [-0.4, -0.2) is 18.7 Å². The molecule has 0 radical (unpaired) electrons. The van der Waals surface area contributed by atoms with Crippen molar-refractivity contribution in [3.63, 3.8) is 0 Å². The Morgan fingerprint density at radius 3 is 1.94 bits per heavy atom. The van der Waals surface area contributed by atoms with Gasteiger partial charge >= 0.3 is 6.18 Å². The first-order valence-corrected chi connectivity index (χ1v) is 4.82. The summed E-state index contributed by atoms with van der Waals surface area (Å²) in [6.07, 6.45) is -4.34. The van der Waals surface area contributed by atoms with E-state index in [1.165, 1.54) is 12.1 Å². The van der Waals surface area contributed by atoms with E-state index in [0.717, 1.165) is 12.1 Å². The summed E-state index contributed by atoms with van der Waals surface area (Å²) in [6.45, 7) is 1.82. The highest BCUT2D eigenvalue weighted by atomic mass is 19.4. The fourth-order valence-corrected chi connectivity index (χ4v) is 1.46. The normalized spacial score (nSPS) is 15.9. The first-order chi connectivity index (χ1) is 7.27. The maximum Gasteiger partial charge on any atom is 0.416 e. The van der Waals surface area contributed by atoms with Crippen molar-refractivity contribution in [2.45, 2.75) is 18.7 Å². The Morgan fingerprint density at radius 2 is 1.56 bits per heavy atom. The van der Waals surface area contributed by atoms with E-state index in [2.05, 4.69) is 5.32 Å². The summed E-state index contributed by atoms with van der Waals surface area (Å²) in [5.41, 5.74) is -1.43. The second kappa shape index (κ2) is 4.43. The minimum absolute atomic E-state index is 0.276. The summed E-state index contributed by atoms with van der Waals surface area (Å²) >= 11 is 0. The molecule has 2 N–H and O–H groups in total. The molecule has 0 saturated carbocycles. The van der Waals surface area contributed by atoms with Gasteiger partial charge in [0.1, 0.15) is 0 Å². The number of aliphatic hydroxyl groups is 1. The number of halogens is 3. The molecule has 0 aliphatic heterocycles. The first-order valence-electron chi connectivity index (χ1n) is 4.82. The van der Waals surface area contributed by atoms with Crippen LogP contribution in [0, 0.1) is 0 Å². The third-order valence-corrected chi connectivity index (χ3v) is 2.36. The fourth-order valence-electron chi connectivity index (χ4n) is 1.46. The fraction of sp³-hybridized carbons (Fsp3) is 0.455. The van der Waals surface area contributed by atoms with Crippen molar-refractivity contribution in [2.75, 3.05) is 13.6 Å². The molecule has 1 rings (SSSR count). The predicted octanol–water partition coefficient (Wildman–Crippen LogP) is 2.13. The third-order valence-electron chi connectivity index (χ3n) is 2.36. The zero-order valence-corrected chi connectivity index (χ0v) is 9.10. The Kier molecular flexibility index (Phi) is 3.60. The number of nitrogens with one attached hydrogen (secondary N) is 1. The van der Waals surface area contributed by atoms with Crippen LogP contribution in [0.25, 0.3) is 0 Å². The Hall–Kier alpha value is -1.07. The molecule has 16 heavy (non-hydrogen) atoms. The lowest BCUT2D eigenvalue weighted by Crippen LogP contribution is -2.33. The van der Waals surface area contributed by atoms with E-state index >= 15 is 0 Å². The van der Waals surface area contributed by atoms with E-state index in [0.29, 0.717) is 5.56 Å². The molecule has 0 bridgehead atoms. The zero-order chi connectivity index (χ0) is 12.4. The van der Waals surface area contributed by atoms with Gasteiger partial charge in [-0.1, -0.05) is 12.1 Å². The standard InChI is InChI=1S/C11H14F3NO/c1-10(16,7-15-2)8-3-5-9(6-4-8)11(12,13)14/h3-6,15-16H,7H2,1-2H3. The van der Waals surface area contributed by atoms with Crippen LogP contribution in [0.2, 0.25) is 0 Å². The van der Waals surface area contributed by atoms with Gasteiger partial charge in [-0.2, -0.15) is 13.2 Å². The largest absolute Gasteiger partial charge is 0.416 e. The lowest BCUT2D eigenvalue weighted by atomic mass is 9.95. The second-order valence-electron chi connectivity index (χ2n) is 3.88. The van der Waals surface area contributed by atoms with Crippen molar-refractivity contribution < 1.29 is 18.3 Å². The molecule has 1 unspecified atom stereocenters. The summed E-state index contributed by atoms with van der Waals surface area (Å²) in [4.78, 5) is 0. The number of rotatable bonds is 3. The van der Waals surface area contributed by atoms with Crippen molar-refractivity contribution >= 4 is 0 Å². The van der Waals surface area contributed by atoms with Crippen LogP contribution in [0.4, 0.5) is 13.2 Å². The third kappa shape index (κ3) is 2.96. The number of hydrogen-bond acceptors (Lipinski definition) is 2. The average Bonchev–Trinajstić information content (AvgIpc) is 2.16. The van der Waals surface area contributed by atoms with Crippen LogP contribution in [0.15, 0.2) is 24.3 Å². The highest BCUT2D eigenvalue weighted by Gasteiger charge is 2.31. The molecule has 90 valence electrons. The van der Waals surface area contributed by atoms with Gasteiger partial charge in [-0.15, -0.1) is 0 Å². The second-order valence-corrected chi connectivity index (χ2v) is 3.88. The lowest BCUT2D eigenvalue weighted by molar-refractivity contribution is -0.137. The monoisotopic (exact) mass is 233 g/mol. The van der Waals surface area contributed by atoms with Crippen molar-refractivity contribution in [1.29, 1.82) is 0 Å². The number of hydrogen-bond donors (Lipinski definition) is 2. The van der Waals surface area contributed by atoms with Crippen LogP contribution in [0.1, 0.15) is 18.1 Å². The molecule has 0 aliphatic rings. The Morgan fingerprint density at radius 1 is 1.12 bits per heavy atom. The van der Waals surface area contributed by atoms with Crippen molar-refractivity contribution in [1.82, 2.24) is 5.32 Å². The van der Waals surface area contributed by atoms with E-state index < -0.39 is 17.3 Å². The summed E-state index contributed by atoms with van der Waals surface area (Å²) in [7, 11) is 1.67. The van der Waals surface area contributed by atoms with Gasteiger partial charge in [-0.25, -0.2) is 0 Å². The SMILES string of the molecule is CNCC(C)(O)c1ccc(C(F)(F)F)cc1. The van der Waals surface area contributed by atoms with Crippen LogP contribution < -0.4 is 5.32 Å². The van der Waals surface area contributed by atoms with E-state index in [4.69, 9.17) is 0 Å². The Labute approximate surface area is 92.1 Å². The van der Waals surface area contributed by atoms with Crippen LogP contribution in [-0.2, 0) is 11.8 Å². The molecule has 0 heterocycles. The van der Waals surface area contributed by atoms with Crippen LogP contribution in [0.5, 0.6) is 0 Å². The first kappa shape index (κ1) is 13.0. The van der Waals surface area contributed by atoms with E-state index in [1.807, 2.05) is 0 Å². The predicted molar refractivity (Wildman–Crippen MR) is 54.9 cm³/mol. The highest BCUT2D eigenvalue weighted by molar-refractivity contribution is 5.28. The van der Waals surface area contributed by atoms with Gasteiger partial charge in [0, 0.05) is 6.54 Å². The summed E-state index contributed by atoms with van der Waals surface area (Å²) < 4.78 is 36.9. The number of likely N-dealkylation sites (N-methyl/N-ethyl adjacent to an activating group) is 1. The molecule has 1 aromatic carbocycles. The van der Waals surface area contributed by atoms with E-state index in [-0.39, 0.29) is 6.54 Å². The van der Waals surface area contributed by atoms with Gasteiger partial charge in [0.05, 0.1) is 11.2 Å². The lowest BCUT2D eigenvalue weighted by Gasteiger charge is -2.23. The molecule has 5 heteroatoms. The van der Waals surface area contributed by atoms with Gasteiger partial charge in [0.25, 0.3) is 0 Å². The molecule has 0 saturated heterocycles. The highest BCUT2D eigenvalue weighted by Crippen LogP contribution is 2.30. The maximum atomic E-state index is 12.3. The van der Waals surface area contributed by atoms with Crippen molar-refractivity contribution in [2.24, 2.45) is 0 Å². The molecule has 0 amide bonds. The average molecular weight is 233 g/mol. The Balaban J connectivity index is 2.95. The van der Waals surface area contributed by atoms with Gasteiger partial charge in [0.2, 0.25) is 0 Å². The number of benzene rings is 1. The van der Waals surface area contributed by atoms with Gasteiger partial charge in [0.15, 0.2) is 0 Å². The topological polar surface area (TPSA) is 32.3 Å². The Bertz CT molecular complexity index is 343. The summed E-state index contributed by atoms with van der Waals surface area (Å²) in [6, 6.07) is 4.53. The van der Waals surface area contributed by atoms with Gasteiger partial charge in [-0.05, 0) is 31.7 Å². The smallest absolute Gasteiger partial charge is 0.384 e. The van der Waals surface area contributed by atoms with Crippen LogP contribution in [0.3, 0.4) is 0 Å². The quantitative estimate of drug-likeness (QED) is 0.838. The van der Waals surface area contributed by atoms with E-state index in [1.54, 1.807) is 14.0 Å².